The molecule has 0 fully saturated rings. The fourth-order valence-electron chi connectivity index (χ4n) is 3.34. The van der Waals surface area contributed by atoms with Crippen LogP contribution >= 0.6 is 0 Å². The molecule has 0 nitrogen and oxygen atoms in total. The summed E-state index contributed by atoms with van der Waals surface area (Å²) in [6.07, 6.45) is 4.18. The van der Waals surface area contributed by atoms with Gasteiger partial charge in [-0.15, -0.1) is 0 Å². The Morgan fingerprint density at radius 1 is 0.435 bits per heavy atom. The minimum atomic E-state index is -1.33. The van der Waals surface area contributed by atoms with E-state index >= 15 is 0 Å². The van der Waals surface area contributed by atoms with E-state index in [1.165, 1.54) is 37.4 Å². The Morgan fingerprint density at radius 3 is 0.783 bits per heavy atom. The molecule has 0 aromatic rings. The van der Waals surface area contributed by atoms with Crippen LogP contribution in [0.5, 0.6) is 0 Å². The monoisotopic (exact) mass is 340 g/mol. The average Bonchev–Trinajstić information content (AvgIpc) is 2.22. The molecule has 0 aromatic heterocycles. The van der Waals surface area contributed by atoms with E-state index in [9.17, 15) is 0 Å². The second-order valence-electron chi connectivity index (χ2n) is 12.7. The van der Waals surface area contributed by atoms with Crippen molar-refractivity contribution in [3.63, 3.8) is 0 Å². The first kappa shape index (κ1) is 23.2. The van der Waals surface area contributed by atoms with Crippen molar-refractivity contribution in [2.75, 3.05) is 0 Å². The van der Waals surface area contributed by atoms with Crippen LogP contribution < -0.4 is 0 Å². The molecule has 0 aliphatic heterocycles. The lowest BCUT2D eigenvalue weighted by molar-refractivity contribution is 0.371. The van der Waals surface area contributed by atoms with Gasteiger partial charge in [-0.1, -0.05) is 120 Å². The summed E-state index contributed by atoms with van der Waals surface area (Å²) in [5.41, 5.74) is 1.40. The molecule has 0 heterocycles. The minimum absolute atomic E-state index is 0.465. The fraction of sp³-hybridized carbons (Fsp3) is 1.00. The van der Waals surface area contributed by atoms with Crippen molar-refractivity contribution in [3.8, 4) is 0 Å². The van der Waals surface area contributed by atoms with Crippen molar-refractivity contribution in [2.45, 2.75) is 126 Å². The summed E-state index contributed by atoms with van der Waals surface area (Å²) >= 11 is 0. The number of rotatable bonds is 6. The van der Waals surface area contributed by atoms with Crippen molar-refractivity contribution >= 4 is 8.07 Å². The van der Waals surface area contributed by atoms with Gasteiger partial charge in [-0.2, -0.15) is 0 Å². The van der Waals surface area contributed by atoms with Gasteiger partial charge >= 0.3 is 0 Å². The summed E-state index contributed by atoms with van der Waals surface area (Å²) < 4.78 is 0. The van der Waals surface area contributed by atoms with E-state index in [0.29, 0.717) is 21.3 Å². The van der Waals surface area contributed by atoms with Crippen molar-refractivity contribution in [3.05, 3.63) is 0 Å². The first-order valence-electron chi connectivity index (χ1n) is 9.87. The van der Waals surface area contributed by atoms with Gasteiger partial charge in [0.1, 0.15) is 0 Å². The zero-order valence-corrected chi connectivity index (χ0v) is 19.7. The Labute approximate surface area is 150 Å². The summed E-state index contributed by atoms with van der Waals surface area (Å²) in [6, 6.07) is 4.52. The van der Waals surface area contributed by atoms with E-state index in [2.05, 4.69) is 83.1 Å². The second kappa shape index (κ2) is 7.62. The van der Waals surface area contributed by atoms with Crippen LogP contribution in [0.15, 0.2) is 0 Å². The summed E-state index contributed by atoms with van der Waals surface area (Å²) in [4.78, 5) is 0. The molecule has 0 N–H and O–H groups in total. The lowest BCUT2D eigenvalue weighted by atomic mass is 9.93. The highest BCUT2D eigenvalue weighted by Crippen LogP contribution is 2.50. The average molecular weight is 341 g/mol. The van der Waals surface area contributed by atoms with Crippen molar-refractivity contribution in [1.82, 2.24) is 0 Å². The molecule has 0 radical (unpaired) electrons. The maximum atomic E-state index is 2.55. The van der Waals surface area contributed by atoms with Crippen molar-refractivity contribution < 1.29 is 0 Å². The van der Waals surface area contributed by atoms with E-state index in [1.54, 1.807) is 0 Å². The third-order valence-corrected chi connectivity index (χ3v) is 12.5. The van der Waals surface area contributed by atoms with E-state index in [1.807, 2.05) is 0 Å². The van der Waals surface area contributed by atoms with E-state index in [4.69, 9.17) is 0 Å². The van der Waals surface area contributed by atoms with Gasteiger partial charge < -0.3 is 0 Å². The molecular weight excluding hydrogens is 292 g/mol. The van der Waals surface area contributed by atoms with Gasteiger partial charge in [-0.25, -0.2) is 0 Å². The topological polar surface area (TPSA) is 0 Å². The zero-order valence-electron chi connectivity index (χ0n) is 18.7. The SMILES string of the molecule is CC(C)(C)CC[Si](CCC(C)(C)C)(CCC(C)(C)C)C(C)(C)C. The van der Waals surface area contributed by atoms with E-state index in [-0.39, 0.29) is 0 Å². The van der Waals surface area contributed by atoms with Crippen LogP contribution in [0.4, 0.5) is 0 Å². The highest BCUT2D eigenvalue weighted by atomic mass is 28.3. The van der Waals surface area contributed by atoms with Gasteiger partial charge in [0.15, 0.2) is 0 Å². The summed E-state index contributed by atoms with van der Waals surface area (Å²) in [5.74, 6) is 0. The Bertz CT molecular complexity index is 293. The van der Waals surface area contributed by atoms with Crippen molar-refractivity contribution in [1.29, 1.82) is 0 Å². The predicted octanol–water partition coefficient (Wildman–Crippen LogP) is 8.54. The van der Waals surface area contributed by atoms with Gasteiger partial charge in [0, 0.05) is 0 Å². The van der Waals surface area contributed by atoms with Crippen LogP contribution in [0.2, 0.25) is 23.2 Å². The minimum Gasteiger partial charge on any atom is -0.0626 e. The first-order chi connectivity index (χ1) is 9.87. The quantitative estimate of drug-likeness (QED) is 0.425. The molecule has 23 heavy (non-hydrogen) atoms. The molecule has 0 spiro atoms. The van der Waals surface area contributed by atoms with Crippen LogP contribution in [0, 0.1) is 16.2 Å². The van der Waals surface area contributed by atoms with Gasteiger partial charge in [-0.3, -0.25) is 0 Å². The molecule has 0 amide bonds. The maximum absolute atomic E-state index is 2.55. The summed E-state index contributed by atoms with van der Waals surface area (Å²) in [6.45, 7) is 29.4. The highest BCUT2D eigenvalue weighted by molar-refractivity contribution is 6.82. The van der Waals surface area contributed by atoms with Crippen LogP contribution in [-0.2, 0) is 0 Å². The van der Waals surface area contributed by atoms with E-state index < -0.39 is 8.07 Å². The molecule has 0 aliphatic carbocycles. The van der Waals surface area contributed by atoms with Crippen LogP contribution in [0.1, 0.15) is 102 Å². The van der Waals surface area contributed by atoms with Gasteiger partial charge in [0.2, 0.25) is 0 Å². The predicted molar refractivity (Wildman–Crippen MR) is 112 cm³/mol. The van der Waals surface area contributed by atoms with Gasteiger partial charge in [-0.05, 0) is 21.3 Å². The lowest BCUT2D eigenvalue weighted by Crippen LogP contribution is -2.45. The molecule has 1 heteroatoms. The van der Waals surface area contributed by atoms with Gasteiger partial charge in [0.05, 0.1) is 8.07 Å². The molecule has 0 atom stereocenters. The molecule has 0 unspecified atom stereocenters. The van der Waals surface area contributed by atoms with E-state index in [0.717, 1.165) is 0 Å². The third-order valence-electron chi connectivity index (χ3n) is 5.65. The largest absolute Gasteiger partial charge is 0.0626 e. The first-order valence-corrected chi connectivity index (χ1v) is 12.5. The lowest BCUT2D eigenvalue weighted by Gasteiger charge is -2.47. The smallest absolute Gasteiger partial charge is 0.0590 e. The van der Waals surface area contributed by atoms with Crippen molar-refractivity contribution in [2.24, 2.45) is 16.2 Å². The molecule has 0 bridgehead atoms. The third kappa shape index (κ3) is 9.95. The molecule has 140 valence electrons. The fourth-order valence-corrected chi connectivity index (χ4v) is 10.0. The van der Waals surface area contributed by atoms with Gasteiger partial charge in [0.25, 0.3) is 0 Å². The summed E-state index contributed by atoms with van der Waals surface area (Å²) in [7, 11) is -1.33. The Morgan fingerprint density at radius 2 is 0.652 bits per heavy atom. The number of hydrogen-bond donors (Lipinski definition) is 0. The van der Waals surface area contributed by atoms with Crippen LogP contribution in [0.25, 0.3) is 0 Å². The summed E-state index contributed by atoms with van der Waals surface area (Å²) in [5, 5.41) is 0.509. The Balaban J connectivity index is 5.45. The normalized spacial score (nSPS) is 15.1. The molecule has 0 rings (SSSR count). The maximum Gasteiger partial charge on any atom is 0.0590 e. The number of hydrogen-bond acceptors (Lipinski definition) is 0. The molecule has 0 saturated carbocycles. The second-order valence-corrected chi connectivity index (χ2v) is 18.3. The Hall–Kier alpha value is 0.217. The van der Waals surface area contributed by atoms with Crippen LogP contribution in [0.3, 0.4) is 0 Å². The standard InChI is InChI=1S/C22H48Si/c1-19(2,3)13-16-23(22(10,11)12,17-14-20(4,5)6)18-15-21(7,8)9/h13-18H2,1-12H3. The molecular formula is C22H48Si. The Kier molecular flexibility index (Phi) is 7.70. The van der Waals surface area contributed by atoms with Crippen LogP contribution in [-0.4, -0.2) is 8.07 Å². The molecule has 0 saturated heterocycles. The zero-order chi connectivity index (χ0) is 18.7. The highest BCUT2D eigenvalue weighted by Gasteiger charge is 2.44. The molecule has 0 aliphatic rings. The molecule has 0 aromatic carbocycles.